The zero-order chi connectivity index (χ0) is 41.7. The topological polar surface area (TPSA) is 180 Å². The molecule has 0 aliphatic heterocycles. The smallest absolute Gasteiger partial charge is 0.303 e. The van der Waals surface area contributed by atoms with Crippen molar-refractivity contribution in [3.05, 3.63) is 0 Å². The maximum Gasteiger partial charge on any atom is 0.303 e. The van der Waals surface area contributed by atoms with Crippen LogP contribution in [0.15, 0.2) is 10.2 Å². The van der Waals surface area contributed by atoms with Gasteiger partial charge in [0.25, 0.3) is 0 Å². The predicted octanol–water partition coefficient (Wildman–Crippen LogP) is 8.38. The molecule has 8 aliphatic rings. The number of aliphatic hydroxyl groups is 4. The van der Waals surface area contributed by atoms with Gasteiger partial charge >= 0.3 is 11.9 Å². The number of aliphatic carboxylic acids is 2. The van der Waals surface area contributed by atoms with Crippen LogP contribution in [0.4, 0.5) is 0 Å². The van der Waals surface area contributed by atoms with Crippen molar-refractivity contribution in [3.63, 3.8) is 0 Å². The Morgan fingerprint density at radius 3 is 1.29 bits per heavy atom. The molecule has 0 radical (unpaired) electrons. The van der Waals surface area contributed by atoms with Gasteiger partial charge in [0.1, 0.15) is 0 Å². The van der Waals surface area contributed by atoms with E-state index in [0.29, 0.717) is 24.7 Å². The molecular formula is C48H78N2O8. The van der Waals surface area contributed by atoms with Crippen LogP contribution in [0.3, 0.4) is 0 Å². The highest BCUT2D eigenvalue weighted by molar-refractivity contribution is 5.66. The van der Waals surface area contributed by atoms with Crippen LogP contribution in [0, 0.1) is 92.7 Å². The summed E-state index contributed by atoms with van der Waals surface area (Å²) in [6.07, 6.45) is 12.3. The first kappa shape index (κ1) is 43.0. The molecule has 8 rings (SSSR count). The van der Waals surface area contributed by atoms with E-state index in [-0.39, 0.29) is 118 Å². The van der Waals surface area contributed by atoms with Gasteiger partial charge in [0.15, 0.2) is 0 Å². The van der Waals surface area contributed by atoms with Crippen LogP contribution in [0.5, 0.6) is 0 Å². The lowest BCUT2D eigenvalue weighted by molar-refractivity contribution is -0.184. The van der Waals surface area contributed by atoms with Gasteiger partial charge in [-0.05, 0) is 195 Å². The lowest BCUT2D eigenvalue weighted by atomic mass is 9.42. The lowest BCUT2D eigenvalue weighted by Gasteiger charge is -2.64. The first-order valence-electron chi connectivity index (χ1n) is 23.9. The average molecular weight is 811 g/mol. The average Bonchev–Trinajstić information content (AvgIpc) is 3.72. The van der Waals surface area contributed by atoms with Crippen LogP contribution >= 0.6 is 0 Å². The standard InChI is InChI=1S/C48H78N2O8/c1-25(7-13-41(55)56)31-9-11-33-43-35(23-39(53)47(31,33)5)45(3)17-15-29(51)19-27(45)21-37(43)49-50-38-22-28-20-30(52)16-18-46(28,4)36-24-40(54)48(6)32(10-12-34(48)44(36)38)26(2)8-14-42(57)58/h25-40,43-44,51-54H,7-24H2,1-6H3,(H,55,56)(H,57,58)/t25?,26?,27?,28?,29?,30?,31?,32?,33?,34?,35?,36?,37?,38?,39?,40?,43?,44?,45-,46-,47+,48+/m0/s1. The van der Waals surface area contributed by atoms with Gasteiger partial charge in [-0.2, -0.15) is 10.2 Å². The Morgan fingerprint density at radius 2 is 0.931 bits per heavy atom. The van der Waals surface area contributed by atoms with E-state index in [2.05, 4.69) is 41.5 Å². The van der Waals surface area contributed by atoms with Crippen LogP contribution in [-0.2, 0) is 9.59 Å². The zero-order valence-electron chi connectivity index (χ0n) is 36.5. The van der Waals surface area contributed by atoms with Crippen LogP contribution in [0.25, 0.3) is 0 Å². The molecule has 58 heavy (non-hydrogen) atoms. The minimum absolute atomic E-state index is 0.0126. The summed E-state index contributed by atoms with van der Waals surface area (Å²) in [5.41, 5.74) is -0.618. The first-order chi connectivity index (χ1) is 27.3. The van der Waals surface area contributed by atoms with Crippen LogP contribution in [0.1, 0.15) is 157 Å². The Labute approximate surface area is 347 Å². The molecule has 0 aromatic heterocycles. The third kappa shape index (κ3) is 6.76. The van der Waals surface area contributed by atoms with Crippen molar-refractivity contribution >= 4 is 11.9 Å². The number of carbonyl (C=O) groups is 2. The number of fused-ring (bicyclic) bond motifs is 10. The Kier molecular flexibility index (Phi) is 11.6. The molecule has 0 spiro atoms. The molecule has 0 aromatic carbocycles. The molecule has 0 aromatic rings. The Morgan fingerprint density at radius 1 is 0.552 bits per heavy atom. The molecule has 10 heteroatoms. The molecule has 22 atom stereocenters. The van der Waals surface area contributed by atoms with Gasteiger partial charge in [0, 0.05) is 12.8 Å². The third-order valence-electron chi connectivity index (χ3n) is 21.0. The van der Waals surface area contributed by atoms with E-state index in [0.717, 1.165) is 89.9 Å². The highest BCUT2D eigenvalue weighted by Crippen LogP contribution is 2.71. The van der Waals surface area contributed by atoms with Gasteiger partial charge < -0.3 is 30.6 Å². The summed E-state index contributed by atoms with van der Waals surface area (Å²) in [6, 6.07) is -0.0372. The van der Waals surface area contributed by atoms with E-state index in [1.807, 2.05) is 0 Å². The molecule has 6 N–H and O–H groups in total. The number of carboxylic acids is 2. The fourth-order valence-corrected chi connectivity index (χ4v) is 17.8. The van der Waals surface area contributed by atoms with E-state index in [4.69, 9.17) is 10.2 Å². The second-order valence-corrected chi connectivity index (χ2v) is 23.1. The van der Waals surface area contributed by atoms with Crippen molar-refractivity contribution in [1.82, 2.24) is 0 Å². The largest absolute Gasteiger partial charge is 0.481 e. The first-order valence-corrected chi connectivity index (χ1v) is 23.9. The van der Waals surface area contributed by atoms with Crippen LogP contribution < -0.4 is 0 Å². The summed E-state index contributed by atoms with van der Waals surface area (Å²) in [4.78, 5) is 23.3. The number of hydrogen-bond donors (Lipinski definition) is 6. The molecular weight excluding hydrogens is 733 g/mol. The number of rotatable bonds is 10. The number of nitrogens with zero attached hydrogens (tertiary/aromatic N) is 2. The van der Waals surface area contributed by atoms with E-state index in [9.17, 15) is 40.2 Å². The predicted molar refractivity (Wildman–Crippen MR) is 220 cm³/mol. The van der Waals surface area contributed by atoms with E-state index >= 15 is 0 Å². The number of hydrogen-bond acceptors (Lipinski definition) is 8. The van der Waals surface area contributed by atoms with Crippen molar-refractivity contribution in [2.24, 2.45) is 103 Å². The van der Waals surface area contributed by atoms with Gasteiger partial charge in [0.2, 0.25) is 0 Å². The van der Waals surface area contributed by atoms with E-state index in [1.54, 1.807) is 0 Å². The Balaban J connectivity index is 1.15. The quantitative estimate of drug-likeness (QED) is 0.119. The van der Waals surface area contributed by atoms with Gasteiger partial charge in [-0.3, -0.25) is 9.59 Å². The van der Waals surface area contributed by atoms with E-state index < -0.39 is 24.1 Å². The summed E-state index contributed by atoms with van der Waals surface area (Å²) in [5.74, 6) is 1.57. The second kappa shape index (κ2) is 15.6. The van der Waals surface area contributed by atoms with Crippen molar-refractivity contribution in [2.45, 2.75) is 194 Å². The van der Waals surface area contributed by atoms with Gasteiger partial charge in [-0.25, -0.2) is 0 Å². The minimum Gasteiger partial charge on any atom is -0.481 e. The SMILES string of the molecule is CC(CCC(=O)O)C1CCC2C3C(N=NC4CC5CC(O)CC[C@]5(C)C5CC(O)[C@]6(C)C(C(C)CCC(=O)O)CCC6C45)CC4CC(O)CC[C@]4(C)C3CC(O)[C@]12C. The maximum absolute atomic E-state index is 12.3. The molecule has 8 aliphatic carbocycles. The van der Waals surface area contributed by atoms with Crippen molar-refractivity contribution in [3.8, 4) is 0 Å². The van der Waals surface area contributed by atoms with Crippen molar-refractivity contribution < 1.29 is 40.2 Å². The summed E-state index contributed by atoms with van der Waals surface area (Å²) in [5, 5.41) is 77.0. The molecule has 0 bridgehead atoms. The van der Waals surface area contributed by atoms with E-state index in [1.165, 1.54) is 0 Å². The maximum atomic E-state index is 12.3. The highest BCUT2D eigenvalue weighted by Gasteiger charge is 2.68. The van der Waals surface area contributed by atoms with Crippen molar-refractivity contribution in [2.75, 3.05) is 0 Å². The van der Waals surface area contributed by atoms with Gasteiger partial charge in [0.05, 0.1) is 36.5 Å². The van der Waals surface area contributed by atoms with Crippen LogP contribution in [0.2, 0.25) is 0 Å². The van der Waals surface area contributed by atoms with Crippen molar-refractivity contribution in [1.29, 1.82) is 0 Å². The fourth-order valence-electron chi connectivity index (χ4n) is 17.8. The Hall–Kier alpha value is -1.62. The highest BCUT2D eigenvalue weighted by atomic mass is 16.4. The fraction of sp³-hybridized carbons (Fsp3) is 0.958. The number of azo groups is 1. The minimum atomic E-state index is -0.761. The number of aliphatic hydroxyl groups excluding tert-OH is 4. The molecule has 8 fully saturated rings. The summed E-state index contributed by atoms with van der Waals surface area (Å²) < 4.78 is 0. The zero-order valence-corrected chi connectivity index (χ0v) is 36.5. The summed E-state index contributed by atoms with van der Waals surface area (Å²) >= 11 is 0. The van der Waals surface area contributed by atoms with Gasteiger partial charge in [-0.15, -0.1) is 0 Å². The summed E-state index contributed by atoms with van der Waals surface area (Å²) in [6.45, 7) is 13.9. The summed E-state index contributed by atoms with van der Waals surface area (Å²) in [7, 11) is 0. The van der Waals surface area contributed by atoms with Gasteiger partial charge in [-0.1, -0.05) is 41.5 Å². The van der Waals surface area contributed by atoms with Crippen LogP contribution in [-0.4, -0.2) is 79.1 Å². The molecule has 18 unspecified atom stereocenters. The monoisotopic (exact) mass is 811 g/mol. The lowest BCUT2D eigenvalue weighted by Crippen LogP contribution is -2.62. The second-order valence-electron chi connectivity index (χ2n) is 23.1. The molecule has 0 saturated heterocycles. The normalized spacial score (nSPS) is 53.3. The molecule has 0 heterocycles. The Bertz CT molecular complexity index is 1460. The third-order valence-corrected chi connectivity index (χ3v) is 21.0. The number of carboxylic acid groups (broad SMARTS) is 2. The molecule has 328 valence electrons. The molecule has 0 amide bonds. The molecule has 8 saturated carbocycles. The molecule has 10 nitrogen and oxygen atoms in total.